The van der Waals surface area contributed by atoms with Gasteiger partial charge >= 0.3 is 0 Å². The molecule has 1 saturated heterocycles. The van der Waals surface area contributed by atoms with Gasteiger partial charge in [-0.1, -0.05) is 0 Å². The number of β-amino-alcohol motifs (C(OH)–C–C–N with tert-alkyl or cyclic N) is 1. The summed E-state index contributed by atoms with van der Waals surface area (Å²) in [6.45, 7) is 2.68. The first kappa shape index (κ1) is 14.4. The van der Waals surface area contributed by atoms with Gasteiger partial charge in [-0.15, -0.1) is 5.10 Å². The van der Waals surface area contributed by atoms with Gasteiger partial charge in [0, 0.05) is 44.9 Å². The molecule has 2 aromatic rings. The molecule has 1 aliphatic heterocycles. The third-order valence-electron chi connectivity index (χ3n) is 3.68. The van der Waals surface area contributed by atoms with Gasteiger partial charge in [-0.05, 0) is 22.6 Å². The number of rotatable bonds is 1. The Morgan fingerprint density at radius 2 is 2.00 bits per heavy atom. The molecule has 2 amide bonds. The van der Waals surface area contributed by atoms with Crippen molar-refractivity contribution in [3.8, 4) is 0 Å². The standard InChI is InChI=1S/C13H16N6O3/c1-9(20)17-4-5-18(8-11(21)7-17)13(22)10-2-3-19-12(6-10)14-15-16-19/h2-3,6,11,21H,4-5,7-8H2,1H3/t11-/m1/s1. The number of hydrogen-bond acceptors (Lipinski definition) is 6. The molecule has 0 saturated carbocycles. The van der Waals surface area contributed by atoms with Gasteiger partial charge in [0.15, 0.2) is 5.65 Å². The Morgan fingerprint density at radius 3 is 2.77 bits per heavy atom. The molecule has 1 atom stereocenters. The summed E-state index contributed by atoms with van der Waals surface area (Å²) in [5.41, 5.74) is 0.928. The second-order valence-electron chi connectivity index (χ2n) is 5.27. The summed E-state index contributed by atoms with van der Waals surface area (Å²) < 4.78 is 1.46. The highest BCUT2D eigenvalue weighted by molar-refractivity contribution is 5.95. The number of carbonyl (C=O) groups excluding carboxylic acids is 2. The normalized spacial score (nSPS) is 19.3. The molecule has 22 heavy (non-hydrogen) atoms. The van der Waals surface area contributed by atoms with Gasteiger partial charge in [-0.25, -0.2) is 4.52 Å². The number of pyridine rings is 1. The van der Waals surface area contributed by atoms with Gasteiger partial charge in [0.05, 0.1) is 6.10 Å². The minimum atomic E-state index is -0.756. The molecule has 0 aromatic carbocycles. The molecular formula is C13H16N6O3. The number of aliphatic hydroxyl groups excluding tert-OH is 1. The average molecular weight is 304 g/mol. The highest BCUT2D eigenvalue weighted by Crippen LogP contribution is 2.11. The van der Waals surface area contributed by atoms with Crippen LogP contribution in [0.1, 0.15) is 17.3 Å². The molecule has 0 radical (unpaired) electrons. The van der Waals surface area contributed by atoms with Crippen LogP contribution < -0.4 is 0 Å². The summed E-state index contributed by atoms with van der Waals surface area (Å²) in [5, 5.41) is 21.1. The first-order valence-electron chi connectivity index (χ1n) is 6.95. The molecule has 0 aliphatic carbocycles. The van der Waals surface area contributed by atoms with Crippen LogP contribution in [0.25, 0.3) is 5.65 Å². The van der Waals surface area contributed by atoms with Gasteiger partial charge in [0.2, 0.25) is 5.91 Å². The fraction of sp³-hybridized carbons (Fsp3) is 0.462. The second-order valence-corrected chi connectivity index (χ2v) is 5.27. The molecule has 0 unspecified atom stereocenters. The van der Waals surface area contributed by atoms with Crippen LogP contribution in [0.15, 0.2) is 18.3 Å². The minimum absolute atomic E-state index is 0.107. The maximum Gasteiger partial charge on any atom is 0.254 e. The molecule has 3 heterocycles. The van der Waals surface area contributed by atoms with Gasteiger partial charge in [-0.2, -0.15) is 0 Å². The molecule has 3 rings (SSSR count). The number of hydrogen-bond donors (Lipinski definition) is 1. The zero-order valence-corrected chi connectivity index (χ0v) is 12.1. The summed E-state index contributed by atoms with van der Waals surface area (Å²) >= 11 is 0. The van der Waals surface area contributed by atoms with Crippen LogP contribution in [0.3, 0.4) is 0 Å². The van der Waals surface area contributed by atoms with E-state index < -0.39 is 6.10 Å². The SMILES string of the molecule is CC(=O)N1CCN(C(=O)c2ccn3nnnc3c2)C[C@H](O)C1. The number of fused-ring (bicyclic) bond motifs is 1. The fourth-order valence-electron chi connectivity index (χ4n) is 2.52. The van der Waals surface area contributed by atoms with Crippen molar-refractivity contribution in [2.45, 2.75) is 13.0 Å². The lowest BCUT2D eigenvalue weighted by atomic mass is 10.2. The van der Waals surface area contributed by atoms with Crippen LogP contribution in [0.2, 0.25) is 0 Å². The maximum absolute atomic E-state index is 12.6. The monoisotopic (exact) mass is 304 g/mol. The Bertz CT molecular complexity index is 715. The fourth-order valence-corrected chi connectivity index (χ4v) is 2.52. The first-order chi connectivity index (χ1) is 10.5. The summed E-state index contributed by atoms with van der Waals surface area (Å²) in [4.78, 5) is 27.1. The summed E-state index contributed by atoms with van der Waals surface area (Å²) in [7, 11) is 0. The lowest BCUT2D eigenvalue weighted by molar-refractivity contribution is -0.129. The quantitative estimate of drug-likeness (QED) is 0.709. The molecule has 9 nitrogen and oxygen atoms in total. The highest BCUT2D eigenvalue weighted by Gasteiger charge is 2.26. The van der Waals surface area contributed by atoms with E-state index in [1.165, 1.54) is 11.4 Å². The smallest absolute Gasteiger partial charge is 0.254 e. The summed E-state index contributed by atoms with van der Waals surface area (Å²) in [6.07, 6.45) is 0.854. The first-order valence-corrected chi connectivity index (χ1v) is 6.95. The minimum Gasteiger partial charge on any atom is -0.389 e. The number of nitrogens with zero attached hydrogens (tertiary/aromatic N) is 6. The molecule has 1 fully saturated rings. The number of amides is 2. The van der Waals surface area contributed by atoms with Gasteiger partial charge in [-0.3, -0.25) is 9.59 Å². The maximum atomic E-state index is 12.6. The highest BCUT2D eigenvalue weighted by atomic mass is 16.3. The molecule has 1 aliphatic rings. The number of carbonyl (C=O) groups is 2. The zero-order valence-electron chi connectivity index (χ0n) is 12.1. The van der Waals surface area contributed by atoms with Crippen LogP contribution in [0, 0.1) is 0 Å². The van der Waals surface area contributed by atoms with Crippen molar-refractivity contribution in [3.63, 3.8) is 0 Å². The lowest BCUT2D eigenvalue weighted by Crippen LogP contribution is -2.37. The van der Waals surface area contributed by atoms with E-state index in [1.807, 2.05) is 0 Å². The average Bonchev–Trinajstić information content (AvgIpc) is 2.87. The molecule has 9 heteroatoms. The molecule has 0 bridgehead atoms. The predicted molar refractivity (Wildman–Crippen MR) is 74.9 cm³/mol. The van der Waals surface area contributed by atoms with E-state index in [1.54, 1.807) is 28.1 Å². The largest absolute Gasteiger partial charge is 0.389 e. The third-order valence-corrected chi connectivity index (χ3v) is 3.68. The van der Waals surface area contributed by atoms with Gasteiger partial charge < -0.3 is 14.9 Å². The molecule has 2 aromatic heterocycles. The van der Waals surface area contributed by atoms with Crippen molar-refractivity contribution >= 4 is 17.5 Å². The van der Waals surface area contributed by atoms with Crippen molar-refractivity contribution in [1.29, 1.82) is 0 Å². The molecule has 1 N–H and O–H groups in total. The predicted octanol–water partition coefficient (Wildman–Crippen LogP) is -1.21. The van der Waals surface area contributed by atoms with E-state index in [0.29, 0.717) is 24.3 Å². The topological polar surface area (TPSA) is 104 Å². The number of aliphatic hydroxyl groups is 1. The van der Waals surface area contributed by atoms with Crippen molar-refractivity contribution in [1.82, 2.24) is 29.8 Å². The third kappa shape index (κ3) is 2.75. The second kappa shape index (κ2) is 5.68. The van der Waals surface area contributed by atoms with Crippen LogP contribution >= 0.6 is 0 Å². The van der Waals surface area contributed by atoms with E-state index >= 15 is 0 Å². The summed E-state index contributed by atoms with van der Waals surface area (Å²) in [5.74, 6) is -0.320. The van der Waals surface area contributed by atoms with E-state index in [9.17, 15) is 14.7 Å². The van der Waals surface area contributed by atoms with Crippen molar-refractivity contribution in [3.05, 3.63) is 23.9 Å². The van der Waals surface area contributed by atoms with Crippen LogP contribution in [-0.4, -0.2) is 79.0 Å². The molecule has 116 valence electrons. The Kier molecular flexibility index (Phi) is 3.72. The van der Waals surface area contributed by atoms with Gasteiger partial charge in [0.25, 0.3) is 5.91 Å². The van der Waals surface area contributed by atoms with Crippen LogP contribution in [0.4, 0.5) is 0 Å². The Labute approximate surface area is 126 Å². The van der Waals surface area contributed by atoms with Gasteiger partial charge in [0.1, 0.15) is 0 Å². The van der Waals surface area contributed by atoms with Crippen molar-refractivity contribution < 1.29 is 14.7 Å². The van der Waals surface area contributed by atoms with E-state index in [2.05, 4.69) is 15.5 Å². The van der Waals surface area contributed by atoms with Crippen molar-refractivity contribution in [2.24, 2.45) is 0 Å². The Morgan fingerprint density at radius 1 is 1.27 bits per heavy atom. The Balaban J connectivity index is 1.80. The summed E-state index contributed by atoms with van der Waals surface area (Å²) in [6, 6.07) is 3.23. The molecular weight excluding hydrogens is 288 g/mol. The Hall–Kier alpha value is -2.55. The van der Waals surface area contributed by atoms with E-state index in [-0.39, 0.29) is 24.9 Å². The molecule has 0 spiro atoms. The van der Waals surface area contributed by atoms with E-state index in [0.717, 1.165) is 0 Å². The van der Waals surface area contributed by atoms with Crippen LogP contribution in [0.5, 0.6) is 0 Å². The zero-order chi connectivity index (χ0) is 15.7. The van der Waals surface area contributed by atoms with Crippen LogP contribution in [-0.2, 0) is 4.79 Å². The van der Waals surface area contributed by atoms with Crippen molar-refractivity contribution in [2.75, 3.05) is 26.2 Å². The number of aromatic nitrogens is 4. The lowest BCUT2D eigenvalue weighted by Gasteiger charge is -2.21. The van der Waals surface area contributed by atoms with E-state index in [4.69, 9.17) is 0 Å². The number of tetrazole rings is 1.